The van der Waals surface area contributed by atoms with Crippen LogP contribution in [-0.4, -0.2) is 21.0 Å². The molecule has 1 aromatic carbocycles. The molecular formula is C13H18FNO4S. The lowest BCUT2D eigenvalue weighted by Crippen LogP contribution is -2.15. The van der Waals surface area contributed by atoms with Gasteiger partial charge in [-0.15, -0.1) is 0 Å². The number of primary sulfonamides is 1. The number of nitrogens with two attached hydrogens (primary N) is 1. The zero-order chi connectivity index (χ0) is 15.2. The van der Waals surface area contributed by atoms with Crippen LogP contribution in [0.25, 0.3) is 0 Å². The van der Waals surface area contributed by atoms with Crippen LogP contribution in [-0.2, 0) is 14.8 Å². The van der Waals surface area contributed by atoms with Crippen LogP contribution in [0, 0.1) is 5.82 Å². The fraction of sp³-hybridized carbons (Fsp3) is 0.462. The van der Waals surface area contributed by atoms with Crippen LogP contribution < -0.4 is 5.14 Å². The standard InChI is InChI=1S/C13H18FNO4S/c1-2-3-4-5-8-19-13(16)11-9-10(20(15,17)18)6-7-12(11)14/h6-7,9H,2-5,8H2,1H3,(H2,15,17,18). The molecule has 0 atom stereocenters. The molecule has 2 N–H and O–H groups in total. The number of halogens is 1. The first kappa shape index (κ1) is 16.6. The predicted octanol–water partition coefficient (Wildman–Crippen LogP) is 2.21. The molecule has 112 valence electrons. The lowest BCUT2D eigenvalue weighted by Gasteiger charge is -2.07. The third-order valence-corrected chi connectivity index (χ3v) is 3.63. The van der Waals surface area contributed by atoms with Gasteiger partial charge in [0, 0.05) is 0 Å². The van der Waals surface area contributed by atoms with Crippen molar-refractivity contribution in [1.29, 1.82) is 0 Å². The van der Waals surface area contributed by atoms with Gasteiger partial charge in [0.2, 0.25) is 10.0 Å². The Balaban J connectivity index is 2.72. The molecule has 20 heavy (non-hydrogen) atoms. The minimum Gasteiger partial charge on any atom is -0.462 e. The number of carbonyl (C=O) groups excluding carboxylic acids is 1. The highest BCUT2D eigenvalue weighted by molar-refractivity contribution is 7.89. The summed E-state index contributed by atoms with van der Waals surface area (Å²) in [4.78, 5) is 11.4. The molecule has 0 aliphatic carbocycles. The summed E-state index contributed by atoms with van der Waals surface area (Å²) in [5, 5.41) is 4.93. The SMILES string of the molecule is CCCCCCOC(=O)c1cc(S(N)(=O)=O)ccc1F. The average Bonchev–Trinajstić information content (AvgIpc) is 2.37. The highest BCUT2D eigenvalue weighted by Gasteiger charge is 2.17. The van der Waals surface area contributed by atoms with Gasteiger partial charge in [0.05, 0.1) is 17.1 Å². The van der Waals surface area contributed by atoms with Crippen LogP contribution in [0.3, 0.4) is 0 Å². The Hall–Kier alpha value is -1.47. The zero-order valence-electron chi connectivity index (χ0n) is 11.3. The van der Waals surface area contributed by atoms with Crippen molar-refractivity contribution in [2.45, 2.75) is 37.5 Å². The highest BCUT2D eigenvalue weighted by Crippen LogP contribution is 2.15. The predicted molar refractivity (Wildman–Crippen MR) is 72.2 cm³/mol. The number of esters is 1. The summed E-state index contributed by atoms with van der Waals surface area (Å²) in [5.74, 6) is -1.72. The molecular weight excluding hydrogens is 285 g/mol. The number of benzene rings is 1. The monoisotopic (exact) mass is 303 g/mol. The first-order valence-corrected chi connectivity index (χ1v) is 7.90. The van der Waals surface area contributed by atoms with Gasteiger partial charge < -0.3 is 4.74 Å². The zero-order valence-corrected chi connectivity index (χ0v) is 12.1. The third kappa shape index (κ3) is 4.90. The number of unbranched alkanes of at least 4 members (excludes halogenated alkanes) is 3. The fourth-order valence-electron chi connectivity index (χ4n) is 1.61. The molecule has 0 aliphatic rings. The summed E-state index contributed by atoms with van der Waals surface area (Å²) < 4.78 is 40.7. The molecule has 0 saturated carbocycles. The highest BCUT2D eigenvalue weighted by atomic mass is 32.2. The van der Waals surface area contributed by atoms with E-state index in [1.54, 1.807) is 0 Å². The molecule has 7 heteroatoms. The van der Waals surface area contributed by atoms with E-state index in [0.29, 0.717) is 6.42 Å². The van der Waals surface area contributed by atoms with E-state index in [2.05, 4.69) is 6.92 Å². The Kier molecular flexibility index (Phi) is 6.09. The van der Waals surface area contributed by atoms with Gasteiger partial charge in [-0.1, -0.05) is 26.2 Å². The van der Waals surface area contributed by atoms with Crippen molar-refractivity contribution in [1.82, 2.24) is 0 Å². The number of hydrogen-bond acceptors (Lipinski definition) is 4. The van der Waals surface area contributed by atoms with E-state index in [9.17, 15) is 17.6 Å². The summed E-state index contributed by atoms with van der Waals surface area (Å²) in [6.45, 7) is 2.23. The van der Waals surface area contributed by atoms with Crippen LogP contribution in [0.1, 0.15) is 43.0 Å². The van der Waals surface area contributed by atoms with E-state index in [1.807, 2.05) is 0 Å². The van der Waals surface area contributed by atoms with Crippen LogP contribution in [0.4, 0.5) is 4.39 Å². The topological polar surface area (TPSA) is 86.5 Å². The fourth-order valence-corrected chi connectivity index (χ4v) is 2.15. The van der Waals surface area contributed by atoms with E-state index >= 15 is 0 Å². The van der Waals surface area contributed by atoms with Crippen molar-refractivity contribution in [3.05, 3.63) is 29.6 Å². The molecule has 0 aliphatic heterocycles. The normalized spacial score (nSPS) is 11.3. The molecule has 0 bridgehead atoms. The summed E-state index contributed by atoms with van der Waals surface area (Å²) in [5.41, 5.74) is -0.424. The van der Waals surface area contributed by atoms with Crippen molar-refractivity contribution in [2.24, 2.45) is 5.14 Å². The summed E-state index contributed by atoms with van der Waals surface area (Å²) in [6.07, 6.45) is 3.70. The smallest absolute Gasteiger partial charge is 0.341 e. The molecule has 0 radical (unpaired) electrons. The Morgan fingerprint density at radius 1 is 1.30 bits per heavy atom. The number of ether oxygens (including phenoxy) is 1. The third-order valence-electron chi connectivity index (χ3n) is 2.72. The molecule has 0 unspecified atom stereocenters. The quantitative estimate of drug-likeness (QED) is 0.618. The largest absolute Gasteiger partial charge is 0.462 e. The van der Waals surface area contributed by atoms with E-state index < -0.39 is 27.4 Å². The van der Waals surface area contributed by atoms with Gasteiger partial charge in [0.1, 0.15) is 5.82 Å². The summed E-state index contributed by atoms with van der Waals surface area (Å²) in [7, 11) is -3.98. The van der Waals surface area contributed by atoms with E-state index in [0.717, 1.165) is 37.5 Å². The lowest BCUT2D eigenvalue weighted by molar-refractivity contribution is 0.0492. The second kappa shape index (κ2) is 7.35. The van der Waals surface area contributed by atoms with Gasteiger partial charge in [0.15, 0.2) is 0 Å². The Morgan fingerprint density at radius 2 is 2.00 bits per heavy atom. The van der Waals surface area contributed by atoms with Gasteiger partial charge >= 0.3 is 5.97 Å². The lowest BCUT2D eigenvalue weighted by atomic mass is 10.2. The van der Waals surface area contributed by atoms with Gasteiger partial charge in [-0.05, 0) is 24.6 Å². The Bertz CT molecular complexity index is 572. The maximum absolute atomic E-state index is 13.5. The molecule has 0 amide bonds. The van der Waals surface area contributed by atoms with Gasteiger partial charge in [-0.2, -0.15) is 0 Å². The van der Waals surface area contributed by atoms with E-state index in [1.165, 1.54) is 0 Å². The van der Waals surface area contributed by atoms with Crippen molar-refractivity contribution in [3.8, 4) is 0 Å². The first-order valence-electron chi connectivity index (χ1n) is 6.35. The second-order valence-electron chi connectivity index (χ2n) is 4.38. The minimum absolute atomic E-state index is 0.178. The second-order valence-corrected chi connectivity index (χ2v) is 5.94. The van der Waals surface area contributed by atoms with Crippen LogP contribution in [0.2, 0.25) is 0 Å². The van der Waals surface area contributed by atoms with Crippen LogP contribution >= 0.6 is 0 Å². The first-order chi connectivity index (χ1) is 9.36. The Morgan fingerprint density at radius 3 is 2.60 bits per heavy atom. The molecule has 0 saturated heterocycles. The van der Waals surface area contributed by atoms with E-state index in [-0.39, 0.29) is 11.5 Å². The van der Waals surface area contributed by atoms with Gasteiger partial charge in [0.25, 0.3) is 0 Å². The van der Waals surface area contributed by atoms with Gasteiger partial charge in [-0.3, -0.25) is 0 Å². The van der Waals surface area contributed by atoms with Gasteiger partial charge in [-0.25, -0.2) is 22.7 Å². The number of rotatable bonds is 7. The molecule has 1 rings (SSSR count). The molecule has 1 aromatic rings. The summed E-state index contributed by atoms with van der Waals surface area (Å²) in [6, 6.07) is 2.77. The van der Waals surface area contributed by atoms with Crippen LogP contribution in [0.15, 0.2) is 23.1 Å². The van der Waals surface area contributed by atoms with Crippen LogP contribution in [0.5, 0.6) is 0 Å². The number of sulfonamides is 1. The number of hydrogen-bond donors (Lipinski definition) is 1. The molecule has 0 spiro atoms. The average molecular weight is 303 g/mol. The maximum Gasteiger partial charge on any atom is 0.341 e. The van der Waals surface area contributed by atoms with Crippen molar-refractivity contribution >= 4 is 16.0 Å². The van der Waals surface area contributed by atoms with Crippen molar-refractivity contribution in [3.63, 3.8) is 0 Å². The molecule has 0 aromatic heterocycles. The summed E-state index contributed by atoms with van der Waals surface area (Å²) >= 11 is 0. The maximum atomic E-state index is 13.5. The Labute approximate surface area is 118 Å². The van der Waals surface area contributed by atoms with Crippen molar-refractivity contribution in [2.75, 3.05) is 6.61 Å². The minimum atomic E-state index is -3.98. The molecule has 5 nitrogen and oxygen atoms in total. The molecule has 0 heterocycles. The van der Waals surface area contributed by atoms with Crippen molar-refractivity contribution < 1.29 is 22.3 Å². The van der Waals surface area contributed by atoms with E-state index in [4.69, 9.17) is 9.88 Å². The molecule has 0 fully saturated rings. The number of carbonyl (C=O) groups is 1.